The molecule has 2 heterocycles. The smallest absolute Gasteiger partial charge is 0.0601 e. The molecule has 0 aromatic rings. The highest BCUT2D eigenvalue weighted by molar-refractivity contribution is 5.85. The summed E-state index contributed by atoms with van der Waals surface area (Å²) >= 11 is 0. The fraction of sp³-hybridized carbons (Fsp3) is 0.944. The van der Waals surface area contributed by atoms with Gasteiger partial charge in [-0.1, -0.05) is 37.8 Å². The molecule has 3 nitrogen and oxygen atoms in total. The van der Waals surface area contributed by atoms with Gasteiger partial charge < -0.3 is 5.21 Å². The third-order valence-electron chi connectivity index (χ3n) is 6.23. The van der Waals surface area contributed by atoms with Crippen LogP contribution in [0.15, 0.2) is 5.16 Å². The molecule has 1 N–H and O–H groups in total. The zero-order valence-corrected chi connectivity index (χ0v) is 13.8. The molecule has 1 aliphatic carbocycles. The molecule has 120 valence electrons. The van der Waals surface area contributed by atoms with Crippen molar-refractivity contribution in [3.8, 4) is 0 Å². The SMILES string of the molecule is C[C@@H]1CCC[C@H](C[C@H](C)N2[C@@H]3CCC[C@H]2CC(=NO)C3)C1. The highest BCUT2D eigenvalue weighted by Crippen LogP contribution is 2.38. The zero-order valence-electron chi connectivity index (χ0n) is 13.8. The predicted molar refractivity (Wildman–Crippen MR) is 86.9 cm³/mol. The van der Waals surface area contributed by atoms with Crippen molar-refractivity contribution in [2.24, 2.45) is 17.0 Å². The Balaban J connectivity index is 1.62. The van der Waals surface area contributed by atoms with E-state index < -0.39 is 0 Å². The molecule has 2 saturated heterocycles. The van der Waals surface area contributed by atoms with Gasteiger partial charge in [0.2, 0.25) is 0 Å². The fourth-order valence-electron chi connectivity index (χ4n) is 5.41. The van der Waals surface area contributed by atoms with Crippen LogP contribution in [0.2, 0.25) is 0 Å². The van der Waals surface area contributed by atoms with E-state index in [-0.39, 0.29) is 0 Å². The average molecular weight is 292 g/mol. The molecule has 21 heavy (non-hydrogen) atoms. The Bertz CT molecular complexity index is 365. The minimum Gasteiger partial charge on any atom is -0.411 e. The first-order chi connectivity index (χ1) is 10.2. The Hall–Kier alpha value is -0.570. The summed E-state index contributed by atoms with van der Waals surface area (Å²) in [5.41, 5.74) is 1.04. The van der Waals surface area contributed by atoms with E-state index in [0.29, 0.717) is 18.1 Å². The fourth-order valence-corrected chi connectivity index (χ4v) is 5.41. The van der Waals surface area contributed by atoms with E-state index in [0.717, 1.165) is 30.4 Å². The minimum absolute atomic E-state index is 0.638. The molecule has 2 aliphatic heterocycles. The highest BCUT2D eigenvalue weighted by Gasteiger charge is 2.39. The van der Waals surface area contributed by atoms with Crippen LogP contribution in [-0.4, -0.2) is 33.9 Å². The lowest BCUT2D eigenvalue weighted by molar-refractivity contribution is 0.0241. The van der Waals surface area contributed by atoms with Crippen LogP contribution >= 0.6 is 0 Å². The lowest BCUT2D eigenvalue weighted by Crippen LogP contribution is -2.56. The van der Waals surface area contributed by atoms with Gasteiger partial charge in [-0.3, -0.25) is 4.90 Å². The Morgan fingerprint density at radius 1 is 1.14 bits per heavy atom. The first-order valence-corrected chi connectivity index (χ1v) is 9.14. The molecule has 3 rings (SSSR count). The first kappa shape index (κ1) is 15.3. The second-order valence-electron chi connectivity index (χ2n) is 7.98. The van der Waals surface area contributed by atoms with Crippen LogP contribution < -0.4 is 0 Å². The number of nitrogens with zero attached hydrogens (tertiary/aromatic N) is 2. The largest absolute Gasteiger partial charge is 0.411 e. The molecular formula is C18H32N2O. The Kier molecular flexibility index (Phi) is 4.88. The van der Waals surface area contributed by atoms with Gasteiger partial charge in [-0.25, -0.2) is 0 Å². The van der Waals surface area contributed by atoms with Gasteiger partial charge in [0.1, 0.15) is 0 Å². The molecule has 5 atom stereocenters. The summed E-state index contributed by atoms with van der Waals surface area (Å²) in [6, 6.07) is 1.98. The maximum atomic E-state index is 9.13. The Morgan fingerprint density at radius 3 is 2.43 bits per heavy atom. The van der Waals surface area contributed by atoms with Gasteiger partial charge in [-0.05, 0) is 44.4 Å². The summed E-state index contributed by atoms with van der Waals surface area (Å²) in [5, 5.41) is 12.7. The van der Waals surface area contributed by atoms with Crippen molar-refractivity contribution in [3.63, 3.8) is 0 Å². The third-order valence-corrected chi connectivity index (χ3v) is 6.23. The van der Waals surface area contributed by atoms with Crippen molar-refractivity contribution in [3.05, 3.63) is 0 Å². The van der Waals surface area contributed by atoms with Gasteiger partial charge in [0.05, 0.1) is 5.71 Å². The van der Waals surface area contributed by atoms with E-state index in [4.69, 9.17) is 5.21 Å². The first-order valence-electron chi connectivity index (χ1n) is 9.14. The molecule has 2 bridgehead atoms. The summed E-state index contributed by atoms with van der Waals surface area (Å²) in [5.74, 6) is 1.88. The van der Waals surface area contributed by atoms with Crippen molar-refractivity contribution in [1.29, 1.82) is 0 Å². The molecule has 3 fully saturated rings. The molecular weight excluding hydrogens is 260 g/mol. The molecule has 0 radical (unpaired) electrons. The second kappa shape index (κ2) is 6.68. The highest BCUT2D eigenvalue weighted by atomic mass is 16.4. The molecule has 0 aromatic heterocycles. The van der Waals surface area contributed by atoms with Gasteiger partial charge in [0.25, 0.3) is 0 Å². The number of piperidine rings is 2. The van der Waals surface area contributed by atoms with Crippen LogP contribution in [0.25, 0.3) is 0 Å². The molecule has 0 amide bonds. The van der Waals surface area contributed by atoms with E-state index in [1.807, 2.05) is 0 Å². The van der Waals surface area contributed by atoms with Crippen LogP contribution in [0.3, 0.4) is 0 Å². The Morgan fingerprint density at radius 2 is 1.81 bits per heavy atom. The molecule has 3 heteroatoms. The molecule has 1 saturated carbocycles. The zero-order chi connectivity index (χ0) is 14.8. The van der Waals surface area contributed by atoms with Gasteiger partial charge in [-0.2, -0.15) is 0 Å². The lowest BCUT2D eigenvalue weighted by Gasteiger charge is -2.50. The average Bonchev–Trinajstić information content (AvgIpc) is 2.45. The second-order valence-corrected chi connectivity index (χ2v) is 7.98. The molecule has 0 aromatic carbocycles. The summed E-state index contributed by atoms with van der Waals surface area (Å²) in [6.07, 6.45) is 13.1. The van der Waals surface area contributed by atoms with Crippen molar-refractivity contribution < 1.29 is 5.21 Å². The molecule has 0 unspecified atom stereocenters. The Labute approximate surface area is 129 Å². The maximum Gasteiger partial charge on any atom is 0.0601 e. The molecule has 3 aliphatic rings. The van der Waals surface area contributed by atoms with Crippen molar-refractivity contribution >= 4 is 5.71 Å². The van der Waals surface area contributed by atoms with Crippen LogP contribution in [0.5, 0.6) is 0 Å². The summed E-state index contributed by atoms with van der Waals surface area (Å²) in [7, 11) is 0. The van der Waals surface area contributed by atoms with Crippen molar-refractivity contribution in [2.45, 2.75) is 96.2 Å². The van der Waals surface area contributed by atoms with E-state index >= 15 is 0 Å². The number of hydrogen-bond donors (Lipinski definition) is 1. The topological polar surface area (TPSA) is 35.8 Å². The summed E-state index contributed by atoms with van der Waals surface area (Å²) < 4.78 is 0. The van der Waals surface area contributed by atoms with Crippen LogP contribution in [0.1, 0.15) is 78.1 Å². The minimum atomic E-state index is 0.638. The van der Waals surface area contributed by atoms with Crippen molar-refractivity contribution in [1.82, 2.24) is 4.90 Å². The summed E-state index contributed by atoms with van der Waals surface area (Å²) in [6.45, 7) is 4.88. The monoisotopic (exact) mass is 292 g/mol. The predicted octanol–water partition coefficient (Wildman–Crippen LogP) is 4.44. The standard InChI is InChI=1S/C18H32N2O/c1-13-5-3-6-15(9-13)10-14(2)20-17-7-4-8-18(20)12-16(11-17)19-21/h13-15,17-18,21H,3-12H2,1-2H3/t13-,14+,15+,17-,18+/m1/s1. The van der Waals surface area contributed by atoms with E-state index in [1.165, 1.54) is 51.4 Å². The quantitative estimate of drug-likeness (QED) is 0.616. The van der Waals surface area contributed by atoms with Crippen LogP contribution in [0, 0.1) is 11.8 Å². The summed E-state index contributed by atoms with van der Waals surface area (Å²) in [4.78, 5) is 2.80. The van der Waals surface area contributed by atoms with Gasteiger partial charge in [0.15, 0.2) is 0 Å². The number of hydrogen-bond acceptors (Lipinski definition) is 3. The maximum absolute atomic E-state index is 9.13. The lowest BCUT2D eigenvalue weighted by atomic mass is 9.77. The number of fused-ring (bicyclic) bond motifs is 2. The van der Waals surface area contributed by atoms with Crippen LogP contribution in [0.4, 0.5) is 0 Å². The van der Waals surface area contributed by atoms with E-state index in [9.17, 15) is 0 Å². The van der Waals surface area contributed by atoms with E-state index in [2.05, 4.69) is 23.9 Å². The third kappa shape index (κ3) is 3.44. The van der Waals surface area contributed by atoms with Gasteiger partial charge in [0, 0.05) is 31.0 Å². The van der Waals surface area contributed by atoms with Crippen LogP contribution in [-0.2, 0) is 0 Å². The van der Waals surface area contributed by atoms with E-state index in [1.54, 1.807) is 0 Å². The normalized spacial score (nSPS) is 41.1. The number of oxime groups is 1. The van der Waals surface area contributed by atoms with Crippen molar-refractivity contribution in [2.75, 3.05) is 0 Å². The number of rotatable bonds is 3. The van der Waals surface area contributed by atoms with Gasteiger partial charge >= 0.3 is 0 Å². The molecule has 0 spiro atoms. The van der Waals surface area contributed by atoms with Gasteiger partial charge in [-0.15, -0.1) is 0 Å².